The third kappa shape index (κ3) is 3.61. The summed E-state index contributed by atoms with van der Waals surface area (Å²) in [5.41, 5.74) is 3.13. The van der Waals surface area contributed by atoms with Gasteiger partial charge in [-0.1, -0.05) is 24.3 Å². The van der Waals surface area contributed by atoms with Gasteiger partial charge in [0.1, 0.15) is 11.5 Å². The maximum Gasteiger partial charge on any atom is 0.189 e. The van der Waals surface area contributed by atoms with Gasteiger partial charge in [0.25, 0.3) is 0 Å². The largest absolute Gasteiger partial charge is 0.460 e. The Labute approximate surface area is 150 Å². The summed E-state index contributed by atoms with van der Waals surface area (Å²) in [6.07, 6.45) is 7.81. The van der Waals surface area contributed by atoms with Crippen LogP contribution < -0.4 is 9.64 Å². The Bertz CT molecular complexity index is 916. The maximum absolute atomic E-state index is 6.10. The van der Waals surface area contributed by atoms with E-state index in [4.69, 9.17) is 4.74 Å². The molecule has 3 heterocycles. The minimum absolute atomic E-state index is 0.644. The SMILES string of the molecule is Cc1csc(N2C=C(c3cccnc3)C=C(Oc3ccccc3)C2)n1. The van der Waals surface area contributed by atoms with Crippen molar-refractivity contribution in [1.29, 1.82) is 0 Å². The van der Waals surface area contributed by atoms with Gasteiger partial charge in [-0.15, -0.1) is 11.3 Å². The van der Waals surface area contributed by atoms with E-state index in [1.165, 1.54) is 0 Å². The second-order valence-electron chi connectivity index (χ2n) is 5.75. The summed E-state index contributed by atoms with van der Waals surface area (Å²) in [7, 11) is 0. The minimum atomic E-state index is 0.644. The molecule has 0 atom stereocenters. The Morgan fingerprint density at radius 1 is 1.12 bits per heavy atom. The van der Waals surface area contributed by atoms with Gasteiger partial charge < -0.3 is 9.64 Å². The summed E-state index contributed by atoms with van der Waals surface area (Å²) in [5.74, 6) is 1.71. The Morgan fingerprint density at radius 3 is 2.72 bits per heavy atom. The Hall–Kier alpha value is -2.92. The fourth-order valence-electron chi connectivity index (χ4n) is 2.63. The van der Waals surface area contributed by atoms with Crippen molar-refractivity contribution >= 4 is 22.0 Å². The summed E-state index contributed by atoms with van der Waals surface area (Å²) < 4.78 is 6.10. The van der Waals surface area contributed by atoms with Crippen LogP contribution >= 0.6 is 11.3 Å². The Kier molecular flexibility index (Phi) is 4.31. The molecule has 2 aromatic heterocycles. The number of pyridine rings is 1. The van der Waals surface area contributed by atoms with Crippen molar-refractivity contribution in [2.24, 2.45) is 0 Å². The zero-order valence-electron chi connectivity index (χ0n) is 13.8. The highest BCUT2D eigenvalue weighted by molar-refractivity contribution is 7.13. The number of para-hydroxylation sites is 1. The summed E-state index contributed by atoms with van der Waals surface area (Å²) in [5, 5.41) is 3.02. The molecule has 1 aliphatic rings. The first-order valence-electron chi connectivity index (χ1n) is 8.02. The summed E-state index contributed by atoms with van der Waals surface area (Å²) >= 11 is 1.63. The Morgan fingerprint density at radius 2 is 2.00 bits per heavy atom. The smallest absolute Gasteiger partial charge is 0.189 e. The predicted molar refractivity (Wildman–Crippen MR) is 102 cm³/mol. The fraction of sp³-hybridized carbons (Fsp3) is 0.100. The molecule has 3 aromatic rings. The van der Waals surface area contributed by atoms with E-state index in [1.54, 1.807) is 17.5 Å². The normalized spacial score (nSPS) is 14.0. The molecule has 0 amide bonds. The molecule has 0 spiro atoms. The number of aryl methyl sites for hydroxylation is 1. The number of ether oxygens (including phenoxy) is 1. The van der Waals surface area contributed by atoms with E-state index >= 15 is 0 Å². The van der Waals surface area contributed by atoms with Crippen LogP contribution in [0.4, 0.5) is 5.13 Å². The number of aromatic nitrogens is 2. The summed E-state index contributed by atoms with van der Waals surface area (Å²) in [6, 6.07) is 13.8. The molecule has 1 aromatic carbocycles. The average Bonchev–Trinajstić information content (AvgIpc) is 3.10. The zero-order valence-corrected chi connectivity index (χ0v) is 14.6. The van der Waals surface area contributed by atoms with Crippen LogP contribution in [0.25, 0.3) is 5.57 Å². The van der Waals surface area contributed by atoms with E-state index in [1.807, 2.05) is 55.6 Å². The lowest BCUT2D eigenvalue weighted by Crippen LogP contribution is -2.25. The lowest BCUT2D eigenvalue weighted by atomic mass is 10.1. The number of allylic oxidation sites excluding steroid dienone is 2. The van der Waals surface area contributed by atoms with Crippen molar-refractivity contribution in [2.75, 3.05) is 11.4 Å². The molecule has 0 aliphatic carbocycles. The molecule has 0 bridgehead atoms. The number of hydrogen-bond donors (Lipinski definition) is 0. The summed E-state index contributed by atoms with van der Waals surface area (Å²) in [6.45, 7) is 2.65. The van der Waals surface area contributed by atoms with Crippen molar-refractivity contribution in [3.05, 3.63) is 89.5 Å². The first-order valence-corrected chi connectivity index (χ1v) is 8.90. The second-order valence-corrected chi connectivity index (χ2v) is 6.59. The highest BCUT2D eigenvalue weighted by Crippen LogP contribution is 2.29. The molecule has 0 saturated heterocycles. The molecule has 0 N–H and O–H groups in total. The molecule has 124 valence electrons. The maximum atomic E-state index is 6.10. The van der Waals surface area contributed by atoms with Gasteiger partial charge in [-0.3, -0.25) is 4.98 Å². The van der Waals surface area contributed by atoms with Gasteiger partial charge in [0.05, 0.1) is 12.2 Å². The molecule has 0 saturated carbocycles. The number of thiazole rings is 1. The lowest BCUT2D eigenvalue weighted by molar-refractivity contribution is 0.415. The van der Waals surface area contributed by atoms with Gasteiger partial charge in [0, 0.05) is 35.1 Å². The van der Waals surface area contributed by atoms with Gasteiger partial charge in [-0.05, 0) is 31.2 Å². The Balaban J connectivity index is 1.69. The van der Waals surface area contributed by atoms with Crippen LogP contribution in [-0.4, -0.2) is 16.5 Å². The van der Waals surface area contributed by atoms with Gasteiger partial charge in [0.15, 0.2) is 5.13 Å². The average molecular weight is 347 g/mol. The second kappa shape index (κ2) is 6.91. The molecule has 4 nitrogen and oxygen atoms in total. The van der Waals surface area contributed by atoms with E-state index < -0.39 is 0 Å². The number of hydrogen-bond acceptors (Lipinski definition) is 5. The van der Waals surface area contributed by atoms with E-state index in [0.717, 1.165) is 33.5 Å². The molecular weight excluding hydrogens is 330 g/mol. The number of anilines is 1. The van der Waals surface area contributed by atoms with Gasteiger partial charge in [-0.25, -0.2) is 4.98 Å². The molecule has 1 aliphatic heterocycles. The van der Waals surface area contributed by atoms with E-state index in [2.05, 4.69) is 32.5 Å². The molecule has 5 heteroatoms. The first kappa shape index (κ1) is 15.6. The van der Waals surface area contributed by atoms with Crippen molar-refractivity contribution in [2.45, 2.75) is 6.92 Å². The van der Waals surface area contributed by atoms with E-state index in [0.29, 0.717) is 6.54 Å². The minimum Gasteiger partial charge on any atom is -0.460 e. The van der Waals surface area contributed by atoms with Gasteiger partial charge in [-0.2, -0.15) is 0 Å². The number of nitrogens with zero attached hydrogens (tertiary/aromatic N) is 3. The van der Waals surface area contributed by atoms with Crippen LogP contribution in [0.5, 0.6) is 5.75 Å². The van der Waals surface area contributed by atoms with Crippen LogP contribution in [0.2, 0.25) is 0 Å². The van der Waals surface area contributed by atoms with Gasteiger partial charge in [0.2, 0.25) is 0 Å². The van der Waals surface area contributed by atoms with Gasteiger partial charge >= 0.3 is 0 Å². The highest BCUT2D eigenvalue weighted by atomic mass is 32.1. The molecular formula is C20H17N3OS. The predicted octanol–water partition coefficient (Wildman–Crippen LogP) is 4.67. The highest BCUT2D eigenvalue weighted by Gasteiger charge is 2.18. The molecule has 4 rings (SSSR count). The molecule has 0 unspecified atom stereocenters. The van der Waals surface area contributed by atoms with Crippen molar-refractivity contribution in [3.8, 4) is 5.75 Å². The van der Waals surface area contributed by atoms with E-state index in [9.17, 15) is 0 Å². The van der Waals surface area contributed by atoms with Crippen LogP contribution in [-0.2, 0) is 0 Å². The number of benzene rings is 1. The van der Waals surface area contributed by atoms with E-state index in [-0.39, 0.29) is 0 Å². The monoisotopic (exact) mass is 347 g/mol. The molecule has 0 fully saturated rings. The lowest BCUT2D eigenvalue weighted by Gasteiger charge is -2.25. The zero-order chi connectivity index (χ0) is 17.1. The molecule has 25 heavy (non-hydrogen) atoms. The standard InChI is InChI=1S/C20H17N3OS/c1-15-14-25-20(22-15)23-12-17(16-6-5-9-21-11-16)10-19(13-23)24-18-7-3-2-4-8-18/h2-12,14H,13H2,1H3. The van der Waals surface area contributed by atoms with Crippen LogP contribution in [0, 0.1) is 6.92 Å². The van der Waals surface area contributed by atoms with Crippen molar-refractivity contribution in [3.63, 3.8) is 0 Å². The first-order chi connectivity index (χ1) is 12.3. The third-order valence-corrected chi connectivity index (χ3v) is 4.77. The van der Waals surface area contributed by atoms with Crippen LogP contribution in [0.1, 0.15) is 11.3 Å². The third-order valence-electron chi connectivity index (χ3n) is 3.78. The quantitative estimate of drug-likeness (QED) is 0.687. The fourth-order valence-corrected chi connectivity index (χ4v) is 3.41. The summed E-state index contributed by atoms with van der Waals surface area (Å²) in [4.78, 5) is 11.0. The van der Waals surface area contributed by atoms with Crippen molar-refractivity contribution in [1.82, 2.24) is 9.97 Å². The number of rotatable bonds is 4. The topological polar surface area (TPSA) is 38.2 Å². The van der Waals surface area contributed by atoms with Crippen LogP contribution in [0.15, 0.2) is 78.3 Å². The molecule has 0 radical (unpaired) electrons. The van der Waals surface area contributed by atoms with Crippen molar-refractivity contribution < 1.29 is 4.74 Å². The van der Waals surface area contributed by atoms with Crippen LogP contribution in [0.3, 0.4) is 0 Å².